The summed E-state index contributed by atoms with van der Waals surface area (Å²) in [6.45, 7) is 12.1. The summed E-state index contributed by atoms with van der Waals surface area (Å²) in [5.74, 6) is -0.590. The molecule has 0 heterocycles. The standard InChI is InChI=1S/C12H27N.C3H8O4S/c1-4-7-10-13(11-8-5-2)12-9-6-3;1-3(4)2-8(5,6)7/h4-12H2,1-3H3;3-4H,2H2,1H3,(H,5,6,7). The van der Waals surface area contributed by atoms with Gasteiger partial charge in [0.2, 0.25) is 0 Å². The number of hydrogen-bond acceptors (Lipinski definition) is 4. The minimum absolute atomic E-state index is 0.590. The molecule has 0 aromatic heterocycles. The van der Waals surface area contributed by atoms with Crippen LogP contribution in [0.3, 0.4) is 0 Å². The summed E-state index contributed by atoms with van der Waals surface area (Å²) in [6, 6.07) is 0. The second-order valence-corrected chi connectivity index (χ2v) is 7.00. The molecule has 5 nitrogen and oxygen atoms in total. The molecule has 0 fully saturated rings. The molecule has 0 aliphatic carbocycles. The van der Waals surface area contributed by atoms with Crippen molar-refractivity contribution in [1.29, 1.82) is 0 Å². The lowest BCUT2D eigenvalue weighted by Crippen LogP contribution is -2.27. The molecule has 0 saturated carbocycles. The zero-order valence-corrected chi connectivity index (χ0v) is 15.0. The lowest BCUT2D eigenvalue weighted by Gasteiger charge is -2.21. The van der Waals surface area contributed by atoms with Crippen LogP contribution in [0, 0.1) is 0 Å². The second kappa shape index (κ2) is 14.8. The fraction of sp³-hybridized carbons (Fsp3) is 1.00. The summed E-state index contributed by atoms with van der Waals surface area (Å²) in [6.07, 6.45) is 7.09. The molecule has 0 rings (SSSR count). The fourth-order valence-corrected chi connectivity index (χ4v) is 2.40. The van der Waals surface area contributed by atoms with Gasteiger partial charge in [-0.3, -0.25) is 4.55 Å². The average molecular weight is 326 g/mol. The van der Waals surface area contributed by atoms with Crippen molar-refractivity contribution in [1.82, 2.24) is 4.90 Å². The fourth-order valence-electron chi connectivity index (χ4n) is 1.79. The van der Waals surface area contributed by atoms with Crippen LogP contribution < -0.4 is 0 Å². The summed E-state index contributed by atoms with van der Waals surface area (Å²) in [4.78, 5) is 2.64. The molecule has 0 aromatic rings. The van der Waals surface area contributed by atoms with Crippen molar-refractivity contribution in [3.63, 3.8) is 0 Å². The van der Waals surface area contributed by atoms with Gasteiger partial charge in [-0.15, -0.1) is 0 Å². The third-order valence-corrected chi connectivity index (χ3v) is 3.84. The first kappa shape index (κ1) is 23.1. The van der Waals surface area contributed by atoms with Gasteiger partial charge in [-0.05, 0) is 45.8 Å². The highest BCUT2D eigenvalue weighted by atomic mass is 32.2. The van der Waals surface area contributed by atoms with Crippen molar-refractivity contribution in [2.45, 2.75) is 72.3 Å². The predicted molar refractivity (Wildman–Crippen MR) is 89.3 cm³/mol. The lowest BCUT2D eigenvalue weighted by atomic mass is 10.2. The number of nitrogens with zero attached hydrogens (tertiary/aromatic N) is 1. The van der Waals surface area contributed by atoms with Gasteiger partial charge in [0.15, 0.2) is 0 Å². The van der Waals surface area contributed by atoms with Gasteiger partial charge in [-0.25, -0.2) is 0 Å². The first-order chi connectivity index (χ1) is 9.76. The Kier molecular flexibility index (Phi) is 16.2. The Morgan fingerprint density at radius 1 is 0.905 bits per heavy atom. The van der Waals surface area contributed by atoms with Crippen LogP contribution in [0.15, 0.2) is 0 Å². The largest absolute Gasteiger partial charge is 0.392 e. The molecule has 1 atom stereocenters. The van der Waals surface area contributed by atoms with E-state index in [1.54, 1.807) is 0 Å². The van der Waals surface area contributed by atoms with Crippen LogP contribution in [0.25, 0.3) is 0 Å². The quantitative estimate of drug-likeness (QED) is 0.571. The smallest absolute Gasteiger partial charge is 0.267 e. The molecule has 0 amide bonds. The molecule has 0 aliphatic rings. The van der Waals surface area contributed by atoms with Crippen LogP contribution in [0.1, 0.15) is 66.2 Å². The maximum Gasteiger partial charge on any atom is 0.267 e. The zero-order valence-electron chi connectivity index (χ0n) is 14.2. The van der Waals surface area contributed by atoms with Gasteiger partial charge in [-0.1, -0.05) is 40.0 Å². The molecular weight excluding hydrogens is 290 g/mol. The topological polar surface area (TPSA) is 77.8 Å². The van der Waals surface area contributed by atoms with Gasteiger partial charge in [0.25, 0.3) is 10.1 Å². The average Bonchev–Trinajstić information content (AvgIpc) is 2.35. The summed E-state index contributed by atoms with van der Waals surface area (Å²) in [5, 5.41) is 8.35. The molecule has 0 bridgehead atoms. The van der Waals surface area contributed by atoms with Gasteiger partial charge in [0.1, 0.15) is 5.75 Å². The number of aliphatic hydroxyl groups is 1. The molecule has 130 valence electrons. The highest BCUT2D eigenvalue weighted by molar-refractivity contribution is 7.85. The minimum Gasteiger partial charge on any atom is -0.392 e. The van der Waals surface area contributed by atoms with E-state index in [1.807, 2.05) is 0 Å². The molecule has 6 heteroatoms. The van der Waals surface area contributed by atoms with Crippen LogP contribution in [-0.4, -0.2) is 54.5 Å². The van der Waals surface area contributed by atoms with E-state index in [0.717, 1.165) is 0 Å². The van der Waals surface area contributed by atoms with E-state index in [1.165, 1.54) is 65.1 Å². The highest BCUT2D eigenvalue weighted by Crippen LogP contribution is 2.01. The van der Waals surface area contributed by atoms with Crippen molar-refractivity contribution in [3.05, 3.63) is 0 Å². The summed E-state index contributed by atoms with van der Waals surface area (Å²) in [7, 11) is -3.97. The molecule has 2 N–H and O–H groups in total. The van der Waals surface area contributed by atoms with Gasteiger partial charge in [0, 0.05) is 0 Å². The first-order valence-corrected chi connectivity index (χ1v) is 9.73. The Bertz CT molecular complexity index is 286. The van der Waals surface area contributed by atoms with E-state index in [-0.39, 0.29) is 0 Å². The van der Waals surface area contributed by atoms with Crippen LogP contribution in [0.2, 0.25) is 0 Å². The lowest BCUT2D eigenvalue weighted by molar-refractivity contribution is 0.215. The monoisotopic (exact) mass is 325 g/mol. The number of unbranched alkanes of at least 4 members (excludes halogenated alkanes) is 3. The Labute approximate surface area is 131 Å². The molecule has 0 saturated heterocycles. The Balaban J connectivity index is 0. The molecule has 0 aromatic carbocycles. The zero-order chi connectivity index (χ0) is 16.7. The number of hydrogen-bond donors (Lipinski definition) is 2. The highest BCUT2D eigenvalue weighted by Gasteiger charge is 2.07. The molecular formula is C15H35NO4S. The van der Waals surface area contributed by atoms with E-state index in [0.29, 0.717) is 0 Å². The van der Waals surface area contributed by atoms with Gasteiger partial charge >= 0.3 is 0 Å². The predicted octanol–water partition coefficient (Wildman–Crippen LogP) is 2.94. The van der Waals surface area contributed by atoms with Crippen LogP contribution >= 0.6 is 0 Å². The summed E-state index contributed by atoms with van der Waals surface area (Å²) >= 11 is 0. The molecule has 0 spiro atoms. The minimum atomic E-state index is -3.97. The normalized spacial score (nSPS) is 12.9. The van der Waals surface area contributed by atoms with E-state index >= 15 is 0 Å². The SMILES string of the molecule is CC(O)CS(=O)(=O)O.CCCCN(CCCC)CCCC. The Morgan fingerprint density at radius 2 is 1.24 bits per heavy atom. The van der Waals surface area contributed by atoms with Gasteiger partial charge < -0.3 is 10.0 Å². The van der Waals surface area contributed by atoms with Gasteiger partial charge in [0.05, 0.1) is 6.10 Å². The molecule has 0 radical (unpaired) electrons. The Hall–Kier alpha value is -0.170. The van der Waals surface area contributed by atoms with E-state index in [2.05, 4.69) is 25.7 Å². The summed E-state index contributed by atoms with van der Waals surface area (Å²) < 4.78 is 27.7. The number of aliphatic hydroxyl groups excluding tert-OH is 1. The maximum absolute atomic E-state index is 9.84. The molecule has 1 unspecified atom stereocenters. The van der Waals surface area contributed by atoms with E-state index < -0.39 is 22.0 Å². The third kappa shape index (κ3) is 22.3. The molecule has 21 heavy (non-hydrogen) atoms. The molecule has 0 aliphatic heterocycles. The van der Waals surface area contributed by atoms with E-state index in [4.69, 9.17) is 9.66 Å². The van der Waals surface area contributed by atoms with Crippen molar-refractivity contribution in [3.8, 4) is 0 Å². The van der Waals surface area contributed by atoms with Crippen LogP contribution in [0.5, 0.6) is 0 Å². The maximum atomic E-state index is 9.84. The van der Waals surface area contributed by atoms with Gasteiger partial charge in [-0.2, -0.15) is 8.42 Å². The van der Waals surface area contributed by atoms with E-state index in [9.17, 15) is 8.42 Å². The first-order valence-electron chi connectivity index (χ1n) is 8.12. The Morgan fingerprint density at radius 3 is 1.38 bits per heavy atom. The second-order valence-electron chi connectivity index (χ2n) is 5.50. The van der Waals surface area contributed by atoms with Crippen LogP contribution in [-0.2, 0) is 10.1 Å². The van der Waals surface area contributed by atoms with Crippen molar-refractivity contribution in [2.75, 3.05) is 25.4 Å². The van der Waals surface area contributed by atoms with Crippen molar-refractivity contribution < 1.29 is 18.1 Å². The summed E-state index contributed by atoms with van der Waals surface area (Å²) in [5.41, 5.74) is 0. The van der Waals surface area contributed by atoms with Crippen LogP contribution in [0.4, 0.5) is 0 Å². The van der Waals surface area contributed by atoms with Crippen molar-refractivity contribution >= 4 is 10.1 Å². The number of rotatable bonds is 11. The van der Waals surface area contributed by atoms with Crippen molar-refractivity contribution in [2.24, 2.45) is 0 Å². The third-order valence-electron chi connectivity index (χ3n) is 2.94.